The van der Waals surface area contributed by atoms with Gasteiger partial charge in [0.2, 0.25) is 0 Å². The number of nitrogens with one attached hydrogen (secondary N) is 1. The molecule has 1 aromatic heterocycles. The average molecular weight is 321 g/mol. The van der Waals surface area contributed by atoms with E-state index < -0.39 is 0 Å². The number of esters is 1. The van der Waals surface area contributed by atoms with Crippen molar-refractivity contribution in [1.82, 2.24) is 9.97 Å². The predicted octanol–water partition coefficient (Wildman–Crippen LogP) is 3.40. The Labute approximate surface area is 140 Å². The molecule has 0 fully saturated rings. The number of carbonyl (C=O) groups excluding carboxylic acids is 1. The highest BCUT2D eigenvalue weighted by molar-refractivity contribution is 5.94. The molecule has 0 saturated heterocycles. The van der Waals surface area contributed by atoms with Crippen LogP contribution in [0, 0.1) is 0 Å². The van der Waals surface area contributed by atoms with Crippen LogP contribution in [-0.2, 0) is 11.2 Å². The van der Waals surface area contributed by atoms with Crippen molar-refractivity contribution in [3.05, 3.63) is 47.5 Å². The van der Waals surface area contributed by atoms with Crippen LogP contribution in [0.2, 0.25) is 0 Å². The summed E-state index contributed by atoms with van der Waals surface area (Å²) in [5.41, 5.74) is 5.92. The third-order valence-electron chi connectivity index (χ3n) is 4.61. The highest BCUT2D eigenvalue weighted by atomic mass is 16.5. The fourth-order valence-corrected chi connectivity index (χ4v) is 3.32. The van der Waals surface area contributed by atoms with Crippen LogP contribution in [0.25, 0.3) is 22.4 Å². The molecule has 5 heteroatoms. The normalized spacial score (nSPS) is 13.8. The quantitative estimate of drug-likeness (QED) is 0.735. The fraction of sp³-hybridized carbons (Fsp3) is 0.263. The molecular formula is C19H19N3O2. The average Bonchev–Trinajstić information content (AvgIpc) is 3.04. The molecule has 24 heavy (non-hydrogen) atoms. The minimum atomic E-state index is -0.343. The number of nitrogens with zero attached hydrogens (tertiary/aromatic N) is 2. The van der Waals surface area contributed by atoms with Gasteiger partial charge in [0.05, 0.1) is 23.7 Å². The second-order valence-electron chi connectivity index (χ2n) is 6.18. The monoisotopic (exact) mass is 321 g/mol. The molecule has 0 bridgehead atoms. The lowest BCUT2D eigenvalue weighted by atomic mass is 9.99. The van der Waals surface area contributed by atoms with Gasteiger partial charge < -0.3 is 14.6 Å². The van der Waals surface area contributed by atoms with Crippen LogP contribution in [0.3, 0.4) is 0 Å². The summed E-state index contributed by atoms with van der Waals surface area (Å²) in [6.45, 7) is 1.10. The molecule has 5 nitrogen and oxygen atoms in total. The molecule has 0 amide bonds. The number of rotatable bonds is 2. The molecule has 4 rings (SSSR count). The first-order valence-corrected chi connectivity index (χ1v) is 8.08. The lowest BCUT2D eigenvalue weighted by molar-refractivity contribution is 0.0601. The van der Waals surface area contributed by atoms with Gasteiger partial charge in [-0.2, -0.15) is 0 Å². The molecule has 2 aromatic carbocycles. The van der Waals surface area contributed by atoms with Gasteiger partial charge >= 0.3 is 5.97 Å². The van der Waals surface area contributed by atoms with Crippen LogP contribution in [0.15, 0.2) is 36.4 Å². The third-order valence-corrected chi connectivity index (χ3v) is 4.61. The number of hydrogen-bond acceptors (Lipinski definition) is 4. The zero-order valence-corrected chi connectivity index (χ0v) is 13.8. The standard InChI is InChI=1S/C19H19N3O2/c1-22-9-3-4-12-10-13(6-8-17(12)22)18-20-15-7-5-14(19(23)24-2)11-16(15)21-18/h5-8,10-11H,3-4,9H2,1-2H3,(H,20,21). The lowest BCUT2D eigenvalue weighted by Gasteiger charge is -2.27. The predicted molar refractivity (Wildman–Crippen MR) is 94.5 cm³/mol. The highest BCUT2D eigenvalue weighted by Crippen LogP contribution is 2.30. The molecule has 0 spiro atoms. The van der Waals surface area contributed by atoms with Crippen molar-refractivity contribution in [3.8, 4) is 11.4 Å². The number of ether oxygens (including phenoxy) is 1. The van der Waals surface area contributed by atoms with Gasteiger partial charge in [0.15, 0.2) is 0 Å². The number of hydrogen-bond donors (Lipinski definition) is 1. The van der Waals surface area contributed by atoms with Gasteiger partial charge in [-0.15, -0.1) is 0 Å². The summed E-state index contributed by atoms with van der Waals surface area (Å²) in [4.78, 5) is 21.9. The second kappa shape index (κ2) is 5.67. The van der Waals surface area contributed by atoms with Crippen LogP contribution >= 0.6 is 0 Å². The summed E-state index contributed by atoms with van der Waals surface area (Å²) >= 11 is 0. The zero-order chi connectivity index (χ0) is 16.7. The smallest absolute Gasteiger partial charge is 0.337 e. The number of carbonyl (C=O) groups is 1. The molecule has 0 radical (unpaired) electrons. The molecule has 1 N–H and O–H groups in total. The summed E-state index contributed by atoms with van der Waals surface area (Å²) < 4.78 is 4.77. The van der Waals surface area contributed by atoms with E-state index in [1.165, 1.54) is 24.8 Å². The number of H-pyrrole nitrogens is 1. The van der Waals surface area contributed by atoms with Crippen LogP contribution in [0.5, 0.6) is 0 Å². The summed E-state index contributed by atoms with van der Waals surface area (Å²) in [6.07, 6.45) is 2.27. The van der Waals surface area contributed by atoms with E-state index in [9.17, 15) is 4.79 Å². The fourth-order valence-electron chi connectivity index (χ4n) is 3.32. The number of fused-ring (bicyclic) bond motifs is 2. The molecule has 3 aromatic rings. The number of methoxy groups -OCH3 is 1. The van der Waals surface area contributed by atoms with Gasteiger partial charge in [-0.05, 0) is 54.8 Å². The summed E-state index contributed by atoms with van der Waals surface area (Å²) in [5, 5.41) is 0. The Morgan fingerprint density at radius 2 is 2.12 bits per heavy atom. The zero-order valence-electron chi connectivity index (χ0n) is 13.8. The minimum absolute atomic E-state index is 0.343. The molecular weight excluding hydrogens is 302 g/mol. The molecule has 122 valence electrons. The topological polar surface area (TPSA) is 58.2 Å². The number of imidazole rings is 1. The molecule has 1 aliphatic heterocycles. The minimum Gasteiger partial charge on any atom is -0.465 e. The second-order valence-corrected chi connectivity index (χ2v) is 6.18. The SMILES string of the molecule is COC(=O)c1ccc2nc(-c3ccc4c(c3)CCCN4C)[nH]c2c1. The van der Waals surface area contributed by atoms with Gasteiger partial charge in [-0.1, -0.05) is 0 Å². The molecule has 0 aliphatic carbocycles. The van der Waals surface area contributed by atoms with E-state index in [-0.39, 0.29) is 5.97 Å². The third kappa shape index (κ3) is 2.42. The van der Waals surface area contributed by atoms with Gasteiger partial charge in [-0.25, -0.2) is 9.78 Å². The van der Waals surface area contributed by atoms with E-state index >= 15 is 0 Å². The number of aromatic nitrogens is 2. The van der Waals surface area contributed by atoms with Crippen LogP contribution in [0.4, 0.5) is 5.69 Å². The van der Waals surface area contributed by atoms with E-state index in [2.05, 4.69) is 40.1 Å². The van der Waals surface area contributed by atoms with Crippen molar-refractivity contribution in [2.75, 3.05) is 25.6 Å². The van der Waals surface area contributed by atoms with Crippen LogP contribution in [-0.4, -0.2) is 36.6 Å². The summed E-state index contributed by atoms with van der Waals surface area (Å²) in [5.74, 6) is 0.480. The van der Waals surface area contributed by atoms with Crippen molar-refractivity contribution >= 4 is 22.7 Å². The van der Waals surface area contributed by atoms with Crippen molar-refractivity contribution in [3.63, 3.8) is 0 Å². The van der Waals surface area contributed by atoms with E-state index in [0.29, 0.717) is 5.56 Å². The van der Waals surface area contributed by atoms with E-state index in [1.807, 2.05) is 6.07 Å². The maximum Gasteiger partial charge on any atom is 0.337 e. The highest BCUT2D eigenvalue weighted by Gasteiger charge is 2.16. The molecule has 0 unspecified atom stereocenters. The lowest BCUT2D eigenvalue weighted by Crippen LogP contribution is -2.24. The van der Waals surface area contributed by atoms with Gasteiger partial charge in [0.1, 0.15) is 5.82 Å². The Hall–Kier alpha value is -2.82. The number of aromatic amines is 1. The van der Waals surface area contributed by atoms with Crippen molar-refractivity contribution in [2.45, 2.75) is 12.8 Å². The number of anilines is 1. The van der Waals surface area contributed by atoms with E-state index in [1.54, 1.807) is 12.1 Å². The van der Waals surface area contributed by atoms with Crippen LogP contribution in [0.1, 0.15) is 22.3 Å². The maximum atomic E-state index is 11.7. The Kier molecular flexibility index (Phi) is 3.49. The van der Waals surface area contributed by atoms with Crippen LogP contribution < -0.4 is 4.90 Å². The first-order valence-electron chi connectivity index (χ1n) is 8.08. The maximum absolute atomic E-state index is 11.7. The first kappa shape index (κ1) is 14.8. The van der Waals surface area contributed by atoms with E-state index in [0.717, 1.165) is 35.4 Å². The Bertz CT molecular complexity index is 930. The summed E-state index contributed by atoms with van der Waals surface area (Å²) in [7, 11) is 3.52. The molecule has 0 atom stereocenters. The molecule has 2 heterocycles. The number of aryl methyl sites for hydroxylation is 1. The van der Waals surface area contributed by atoms with Gasteiger partial charge in [0, 0.05) is 24.8 Å². The van der Waals surface area contributed by atoms with Crippen molar-refractivity contribution in [1.29, 1.82) is 0 Å². The molecule has 0 saturated carbocycles. The van der Waals surface area contributed by atoms with Gasteiger partial charge in [0.25, 0.3) is 0 Å². The van der Waals surface area contributed by atoms with E-state index in [4.69, 9.17) is 4.74 Å². The Morgan fingerprint density at radius 1 is 1.25 bits per heavy atom. The van der Waals surface area contributed by atoms with Gasteiger partial charge in [-0.3, -0.25) is 0 Å². The summed E-state index contributed by atoms with van der Waals surface area (Å²) in [6, 6.07) is 11.8. The first-order chi connectivity index (χ1) is 11.7. The Balaban J connectivity index is 1.75. The Morgan fingerprint density at radius 3 is 2.96 bits per heavy atom. The largest absolute Gasteiger partial charge is 0.465 e. The molecule has 1 aliphatic rings. The van der Waals surface area contributed by atoms with Crippen molar-refractivity contribution in [2.24, 2.45) is 0 Å². The number of benzene rings is 2. The van der Waals surface area contributed by atoms with Crippen molar-refractivity contribution < 1.29 is 9.53 Å².